The third kappa shape index (κ3) is 6.86. The number of aromatic nitrogens is 3. The van der Waals surface area contributed by atoms with E-state index in [0.717, 1.165) is 31.7 Å². The maximum Gasteiger partial charge on any atom is 0.417 e. The average molecular weight is 669 g/mol. The van der Waals surface area contributed by atoms with Crippen molar-refractivity contribution in [2.75, 3.05) is 26.0 Å². The zero-order chi connectivity index (χ0) is 34.9. The van der Waals surface area contributed by atoms with E-state index in [1.807, 2.05) is 13.1 Å². The van der Waals surface area contributed by atoms with Gasteiger partial charge in [-0.2, -0.15) is 18.4 Å². The molecule has 12 heteroatoms. The third-order valence-corrected chi connectivity index (χ3v) is 9.31. The van der Waals surface area contributed by atoms with Crippen LogP contribution in [-0.2, 0) is 22.8 Å². The molecule has 0 aliphatic heterocycles. The number of nitrogens with zero attached hydrogens (tertiary/aromatic N) is 5. The number of fused-ring (bicyclic) bond motifs is 2. The van der Waals surface area contributed by atoms with Crippen LogP contribution in [0.4, 0.5) is 18.9 Å². The molecule has 0 radical (unpaired) electrons. The van der Waals surface area contributed by atoms with E-state index in [2.05, 4.69) is 15.2 Å². The Bertz CT molecular complexity index is 2120. The fourth-order valence-corrected chi connectivity index (χ4v) is 6.59. The fourth-order valence-electron chi connectivity index (χ4n) is 6.59. The van der Waals surface area contributed by atoms with Gasteiger partial charge in [-0.3, -0.25) is 14.5 Å². The molecule has 3 aromatic heterocycles. The predicted molar refractivity (Wildman–Crippen MR) is 180 cm³/mol. The first-order chi connectivity index (χ1) is 23.5. The molecule has 1 saturated carbocycles. The first kappa shape index (κ1) is 33.6. The SMILES string of the molecule is CO[C@H]1CC[C@H](N(C)C/C=C/C(=O)Nc2ccc(C(=O)c3ccc4c(-c5cc6ncn(C)c6cc5C(F)(F)F)cccn34)cc2C#N)CC1. The molecule has 0 unspecified atom stereocenters. The summed E-state index contributed by atoms with van der Waals surface area (Å²) < 4.78 is 51.3. The van der Waals surface area contributed by atoms with Gasteiger partial charge in [0.25, 0.3) is 0 Å². The smallest absolute Gasteiger partial charge is 0.381 e. The minimum absolute atomic E-state index is 0.0526. The Kier molecular flexibility index (Phi) is 9.41. The number of imidazole rings is 1. The quantitative estimate of drug-likeness (QED) is 0.134. The molecule has 0 bridgehead atoms. The number of anilines is 1. The summed E-state index contributed by atoms with van der Waals surface area (Å²) in [4.78, 5) is 32.9. The normalized spacial score (nSPS) is 16.9. The Hall–Kier alpha value is -5.25. The standard InChI is InChI=1S/C37H35F3N6O3/c1-44(25-9-11-26(49-3)12-10-25)16-5-7-35(47)43-30-13-8-23(18-24(30)21-41)36(48)33-15-14-32-27(6-4-17-46(32)33)28-19-31-34(45(2)22-42-31)20-29(28)37(38,39)40/h4-8,13-15,17-20,22,25-26H,9-12,16H2,1-3H3,(H,43,47)/b7-5+/t25-,26-. The monoisotopic (exact) mass is 668 g/mol. The van der Waals surface area contributed by atoms with Crippen molar-refractivity contribution in [1.29, 1.82) is 5.26 Å². The van der Waals surface area contributed by atoms with E-state index >= 15 is 0 Å². The number of carbonyl (C=O) groups is 2. The second-order valence-electron chi connectivity index (χ2n) is 12.3. The minimum Gasteiger partial charge on any atom is -0.381 e. The molecule has 2 aromatic carbocycles. The highest BCUT2D eigenvalue weighted by Gasteiger charge is 2.35. The number of halogens is 3. The number of hydrogen-bond donors (Lipinski definition) is 1. The van der Waals surface area contributed by atoms with Gasteiger partial charge in [0.05, 0.1) is 51.5 Å². The highest BCUT2D eigenvalue weighted by Crippen LogP contribution is 2.41. The van der Waals surface area contributed by atoms with Crippen LogP contribution < -0.4 is 5.32 Å². The number of aryl methyl sites for hydroxylation is 1. The summed E-state index contributed by atoms with van der Waals surface area (Å²) in [5.41, 5.74) is 1.32. The number of benzene rings is 2. The highest BCUT2D eigenvalue weighted by atomic mass is 19.4. The second-order valence-corrected chi connectivity index (χ2v) is 12.3. The lowest BCUT2D eigenvalue weighted by Gasteiger charge is -2.33. The van der Waals surface area contributed by atoms with Crippen LogP contribution in [0.25, 0.3) is 27.7 Å². The molecule has 1 N–H and O–H groups in total. The van der Waals surface area contributed by atoms with Crippen LogP contribution in [0.3, 0.4) is 0 Å². The molecule has 0 saturated heterocycles. The number of rotatable bonds is 9. The maximum atomic E-state index is 14.3. The van der Waals surface area contributed by atoms with Crippen molar-refractivity contribution in [3.8, 4) is 17.2 Å². The van der Waals surface area contributed by atoms with E-state index in [9.17, 15) is 28.0 Å². The van der Waals surface area contributed by atoms with Crippen molar-refractivity contribution in [1.82, 2.24) is 18.9 Å². The molecule has 1 aliphatic carbocycles. The van der Waals surface area contributed by atoms with Crippen molar-refractivity contribution in [3.63, 3.8) is 0 Å². The number of ketones is 1. The Morgan fingerprint density at radius 3 is 2.57 bits per heavy atom. The third-order valence-electron chi connectivity index (χ3n) is 9.31. The molecule has 5 aromatic rings. The number of alkyl halides is 3. The van der Waals surface area contributed by atoms with Gasteiger partial charge in [-0.1, -0.05) is 12.1 Å². The van der Waals surface area contributed by atoms with Gasteiger partial charge in [-0.05, 0) is 86.8 Å². The molecule has 252 valence electrons. The average Bonchev–Trinajstić information content (AvgIpc) is 3.70. The second kappa shape index (κ2) is 13.7. The molecule has 49 heavy (non-hydrogen) atoms. The summed E-state index contributed by atoms with van der Waals surface area (Å²) in [6.07, 6.45) is 6.04. The van der Waals surface area contributed by atoms with Crippen LogP contribution in [0.1, 0.15) is 52.9 Å². The van der Waals surface area contributed by atoms with E-state index in [1.54, 1.807) is 50.7 Å². The van der Waals surface area contributed by atoms with Gasteiger partial charge < -0.3 is 19.0 Å². The number of methoxy groups -OCH3 is 1. The van der Waals surface area contributed by atoms with Gasteiger partial charge in [0, 0.05) is 50.1 Å². The molecule has 1 amide bonds. The number of nitriles is 1. The topological polar surface area (TPSA) is 105 Å². The fraction of sp³-hybridized carbons (Fsp3) is 0.297. The summed E-state index contributed by atoms with van der Waals surface area (Å²) in [6.45, 7) is 0.594. The van der Waals surface area contributed by atoms with Crippen LogP contribution in [0.5, 0.6) is 0 Å². The van der Waals surface area contributed by atoms with Crippen molar-refractivity contribution in [2.45, 2.75) is 44.0 Å². The molecule has 3 heterocycles. The lowest BCUT2D eigenvalue weighted by atomic mass is 9.92. The van der Waals surface area contributed by atoms with E-state index in [1.165, 1.54) is 45.6 Å². The Morgan fingerprint density at radius 2 is 1.86 bits per heavy atom. The van der Waals surface area contributed by atoms with E-state index in [-0.39, 0.29) is 33.6 Å². The van der Waals surface area contributed by atoms with Crippen LogP contribution in [0.15, 0.2) is 79.3 Å². The van der Waals surface area contributed by atoms with Crippen LogP contribution in [0.2, 0.25) is 0 Å². The Labute approximate surface area is 281 Å². The number of likely N-dealkylation sites (N-methyl/N-ethyl adjacent to an activating group) is 1. The van der Waals surface area contributed by atoms with E-state index < -0.39 is 23.4 Å². The molecule has 0 atom stereocenters. The summed E-state index contributed by atoms with van der Waals surface area (Å²) in [6, 6.07) is 15.7. The predicted octanol–water partition coefficient (Wildman–Crippen LogP) is 7.00. The van der Waals surface area contributed by atoms with E-state index in [0.29, 0.717) is 35.2 Å². The molecule has 1 aliphatic rings. The highest BCUT2D eigenvalue weighted by molar-refractivity contribution is 6.10. The zero-order valence-electron chi connectivity index (χ0n) is 27.3. The summed E-state index contributed by atoms with van der Waals surface area (Å²) >= 11 is 0. The number of pyridine rings is 1. The molecule has 0 spiro atoms. The minimum atomic E-state index is -4.63. The zero-order valence-corrected chi connectivity index (χ0v) is 27.3. The van der Waals surface area contributed by atoms with Crippen LogP contribution in [-0.4, -0.2) is 63.4 Å². The molecule has 6 rings (SSSR count). The molecular formula is C37H35F3N6O3. The van der Waals surface area contributed by atoms with Crippen molar-refractivity contribution in [2.24, 2.45) is 7.05 Å². The maximum absolute atomic E-state index is 14.3. The van der Waals surface area contributed by atoms with E-state index in [4.69, 9.17) is 4.74 Å². The van der Waals surface area contributed by atoms with Gasteiger partial charge in [0.15, 0.2) is 0 Å². The number of hydrogen-bond acceptors (Lipinski definition) is 6. The van der Waals surface area contributed by atoms with Gasteiger partial charge in [0.1, 0.15) is 6.07 Å². The number of ether oxygens (including phenoxy) is 1. The van der Waals surface area contributed by atoms with Crippen molar-refractivity contribution < 1.29 is 27.5 Å². The first-order valence-electron chi connectivity index (χ1n) is 15.9. The van der Waals surface area contributed by atoms with Gasteiger partial charge in [0.2, 0.25) is 11.7 Å². The molecular weight excluding hydrogens is 633 g/mol. The van der Waals surface area contributed by atoms with Gasteiger partial charge in [-0.25, -0.2) is 4.98 Å². The number of amides is 1. The Morgan fingerprint density at radius 1 is 1.08 bits per heavy atom. The lowest BCUT2D eigenvalue weighted by Crippen LogP contribution is -2.36. The van der Waals surface area contributed by atoms with Gasteiger partial charge >= 0.3 is 6.18 Å². The van der Waals surface area contributed by atoms with Crippen molar-refractivity contribution in [3.05, 3.63) is 102 Å². The summed E-state index contributed by atoms with van der Waals surface area (Å²) in [7, 11) is 5.40. The Balaban J connectivity index is 1.20. The van der Waals surface area contributed by atoms with Crippen molar-refractivity contribution >= 4 is 33.9 Å². The largest absolute Gasteiger partial charge is 0.417 e. The van der Waals surface area contributed by atoms with Crippen LogP contribution in [0, 0.1) is 11.3 Å². The lowest BCUT2D eigenvalue weighted by molar-refractivity contribution is -0.137. The summed E-state index contributed by atoms with van der Waals surface area (Å²) in [5, 5.41) is 12.6. The van der Waals surface area contributed by atoms with Gasteiger partial charge in [-0.15, -0.1) is 0 Å². The first-order valence-corrected chi connectivity index (χ1v) is 15.9. The molecule has 9 nitrogen and oxygen atoms in total. The summed E-state index contributed by atoms with van der Waals surface area (Å²) in [5.74, 6) is -0.843. The van der Waals surface area contributed by atoms with Crippen LogP contribution >= 0.6 is 0 Å². The number of nitrogens with one attached hydrogen (secondary N) is 1. The molecule has 1 fully saturated rings. The number of carbonyl (C=O) groups excluding carboxylic acids is 2.